The van der Waals surface area contributed by atoms with Crippen LogP contribution in [0.5, 0.6) is 0 Å². The molecule has 0 unspecified atom stereocenters. The molecule has 0 radical (unpaired) electrons. The smallest absolute Gasteiger partial charge is 0.348 e. The van der Waals surface area contributed by atoms with E-state index in [0.717, 1.165) is 0 Å². The van der Waals surface area contributed by atoms with E-state index in [1.807, 2.05) is 0 Å². The van der Waals surface area contributed by atoms with Gasteiger partial charge in [0.25, 0.3) is 3.79 Å². The standard InChI is InChI=1S/C5HCl5O3/c6-1(2(7)4(12)13)3(11)5(8,9)10/h(H,12,13)/b2-1+. The van der Waals surface area contributed by atoms with Gasteiger partial charge in [-0.1, -0.05) is 58.0 Å². The molecule has 0 aromatic heterocycles. The Hall–Kier alpha value is 0.330. The number of alkyl halides is 3. The van der Waals surface area contributed by atoms with Crippen molar-refractivity contribution in [3.05, 3.63) is 10.1 Å². The normalized spacial score (nSPS) is 13.6. The highest BCUT2D eigenvalue weighted by atomic mass is 35.6. The maximum absolute atomic E-state index is 11.0. The highest BCUT2D eigenvalue weighted by Gasteiger charge is 2.35. The molecule has 13 heavy (non-hydrogen) atoms. The summed E-state index contributed by atoms with van der Waals surface area (Å²) in [5.41, 5.74) is 0. The summed E-state index contributed by atoms with van der Waals surface area (Å²) in [6.07, 6.45) is 0. The molecular formula is C5HCl5O3. The molecule has 0 bridgehead atoms. The van der Waals surface area contributed by atoms with Crippen LogP contribution in [-0.2, 0) is 9.59 Å². The maximum atomic E-state index is 11.0. The summed E-state index contributed by atoms with van der Waals surface area (Å²) in [4.78, 5) is 21.2. The van der Waals surface area contributed by atoms with Gasteiger partial charge >= 0.3 is 5.97 Å². The Bertz CT molecular complexity index is 276. The molecule has 3 nitrogen and oxygen atoms in total. The van der Waals surface area contributed by atoms with E-state index in [2.05, 4.69) is 0 Å². The number of carboxylic acids is 1. The predicted octanol–water partition coefficient (Wildman–Crippen LogP) is 2.70. The lowest BCUT2D eigenvalue weighted by atomic mass is 10.3. The highest BCUT2D eigenvalue weighted by Crippen LogP contribution is 2.33. The van der Waals surface area contributed by atoms with E-state index < -0.39 is 25.6 Å². The van der Waals surface area contributed by atoms with E-state index in [0.29, 0.717) is 0 Å². The van der Waals surface area contributed by atoms with Gasteiger partial charge in [-0.25, -0.2) is 4.79 Å². The Morgan fingerprint density at radius 3 is 1.62 bits per heavy atom. The molecule has 0 aliphatic heterocycles. The van der Waals surface area contributed by atoms with E-state index >= 15 is 0 Å². The molecule has 74 valence electrons. The molecule has 0 heterocycles. The van der Waals surface area contributed by atoms with Crippen LogP contribution in [-0.4, -0.2) is 20.7 Å². The number of hydrogen-bond donors (Lipinski definition) is 1. The molecule has 0 rings (SSSR count). The quantitative estimate of drug-likeness (QED) is 0.627. The number of hydrogen-bond acceptors (Lipinski definition) is 2. The molecule has 1 N–H and O–H groups in total. The summed E-state index contributed by atoms with van der Waals surface area (Å²) in [5, 5.41) is 6.60. The van der Waals surface area contributed by atoms with Gasteiger partial charge in [0.2, 0.25) is 5.78 Å². The second kappa shape index (κ2) is 4.71. The fraction of sp³-hybridized carbons (Fsp3) is 0.200. The third kappa shape index (κ3) is 3.92. The van der Waals surface area contributed by atoms with E-state index in [1.54, 1.807) is 0 Å². The van der Waals surface area contributed by atoms with E-state index in [-0.39, 0.29) is 0 Å². The monoisotopic (exact) mass is 284 g/mol. The molecule has 0 aliphatic carbocycles. The predicted molar refractivity (Wildman–Crippen MR) is 51.7 cm³/mol. The first kappa shape index (κ1) is 13.3. The number of carbonyl (C=O) groups is 2. The van der Waals surface area contributed by atoms with E-state index in [1.165, 1.54) is 0 Å². The summed E-state index contributed by atoms with van der Waals surface area (Å²) in [6, 6.07) is 0. The molecular weight excluding hydrogens is 285 g/mol. The number of allylic oxidation sites excluding steroid dienone is 1. The number of carboxylic acid groups (broad SMARTS) is 1. The lowest BCUT2D eigenvalue weighted by Gasteiger charge is -2.07. The number of aliphatic carboxylic acids is 1. The van der Waals surface area contributed by atoms with Crippen molar-refractivity contribution in [1.82, 2.24) is 0 Å². The molecule has 0 aliphatic rings. The van der Waals surface area contributed by atoms with Crippen molar-refractivity contribution in [2.75, 3.05) is 0 Å². The minimum Gasteiger partial charge on any atom is -0.477 e. The molecule has 0 fully saturated rings. The third-order valence-corrected chi connectivity index (χ3v) is 2.16. The van der Waals surface area contributed by atoms with Crippen LogP contribution in [0.4, 0.5) is 0 Å². The van der Waals surface area contributed by atoms with Crippen LogP contribution in [0.25, 0.3) is 0 Å². The van der Waals surface area contributed by atoms with E-state index in [4.69, 9.17) is 63.1 Å². The average molecular weight is 286 g/mol. The zero-order valence-corrected chi connectivity index (χ0v) is 9.43. The lowest BCUT2D eigenvalue weighted by Crippen LogP contribution is -2.20. The maximum Gasteiger partial charge on any atom is 0.348 e. The molecule has 0 aromatic carbocycles. The van der Waals surface area contributed by atoms with E-state index in [9.17, 15) is 9.59 Å². The van der Waals surface area contributed by atoms with Gasteiger partial charge in [-0.3, -0.25) is 4.79 Å². The van der Waals surface area contributed by atoms with Gasteiger partial charge in [-0.15, -0.1) is 0 Å². The van der Waals surface area contributed by atoms with Crippen LogP contribution in [0.3, 0.4) is 0 Å². The van der Waals surface area contributed by atoms with Gasteiger partial charge in [0.1, 0.15) is 10.1 Å². The Kier molecular flexibility index (Phi) is 4.83. The Morgan fingerprint density at radius 1 is 1.00 bits per heavy atom. The number of ketones is 1. The Balaban J connectivity index is 5.01. The first-order chi connectivity index (χ1) is 5.68. The lowest BCUT2D eigenvalue weighted by molar-refractivity contribution is -0.132. The van der Waals surface area contributed by atoms with Crippen molar-refractivity contribution >= 4 is 69.8 Å². The molecule has 0 amide bonds. The molecule has 0 spiro atoms. The summed E-state index contributed by atoms with van der Waals surface area (Å²) < 4.78 is -2.31. The molecule has 0 aromatic rings. The molecule has 0 saturated carbocycles. The van der Waals surface area contributed by atoms with Crippen molar-refractivity contribution < 1.29 is 14.7 Å². The first-order valence-electron chi connectivity index (χ1n) is 2.58. The average Bonchev–Trinajstić information content (AvgIpc) is 1.98. The molecule has 0 atom stereocenters. The second-order valence-corrected chi connectivity index (χ2v) is 4.80. The van der Waals surface area contributed by atoms with Crippen molar-refractivity contribution in [2.24, 2.45) is 0 Å². The summed E-state index contributed by atoms with van der Waals surface area (Å²) in [6.45, 7) is 0. The third-order valence-electron chi connectivity index (χ3n) is 0.837. The van der Waals surface area contributed by atoms with Gasteiger partial charge in [0, 0.05) is 0 Å². The van der Waals surface area contributed by atoms with Gasteiger partial charge in [-0.2, -0.15) is 0 Å². The Labute approximate surface area is 98.1 Å². The molecule has 0 saturated heterocycles. The minimum atomic E-state index is -2.31. The van der Waals surface area contributed by atoms with Gasteiger partial charge in [-0.05, 0) is 0 Å². The van der Waals surface area contributed by atoms with Crippen molar-refractivity contribution in [3.63, 3.8) is 0 Å². The van der Waals surface area contributed by atoms with Crippen LogP contribution in [0.1, 0.15) is 0 Å². The Morgan fingerprint density at radius 2 is 1.38 bits per heavy atom. The second-order valence-electron chi connectivity index (χ2n) is 1.76. The first-order valence-corrected chi connectivity index (χ1v) is 4.47. The minimum absolute atomic E-state index is 0.825. The number of halogens is 5. The van der Waals surface area contributed by atoms with Gasteiger partial charge < -0.3 is 5.11 Å². The van der Waals surface area contributed by atoms with Crippen LogP contribution >= 0.6 is 58.0 Å². The van der Waals surface area contributed by atoms with Crippen molar-refractivity contribution in [1.29, 1.82) is 0 Å². The zero-order chi connectivity index (χ0) is 10.8. The molecule has 8 heteroatoms. The largest absolute Gasteiger partial charge is 0.477 e. The van der Waals surface area contributed by atoms with Gasteiger partial charge in [0.15, 0.2) is 0 Å². The number of carbonyl (C=O) groups excluding carboxylic acids is 1. The van der Waals surface area contributed by atoms with Gasteiger partial charge in [0.05, 0.1) is 0 Å². The number of Topliss-reactive ketones (excluding diaryl/α,β-unsaturated/α-hetero) is 1. The van der Waals surface area contributed by atoms with Crippen LogP contribution in [0.15, 0.2) is 10.1 Å². The summed E-state index contributed by atoms with van der Waals surface area (Å²) in [7, 11) is 0. The van der Waals surface area contributed by atoms with Crippen LogP contribution in [0.2, 0.25) is 0 Å². The fourth-order valence-corrected chi connectivity index (χ4v) is 1.05. The highest BCUT2D eigenvalue weighted by molar-refractivity contribution is 6.79. The van der Waals surface area contributed by atoms with Crippen molar-refractivity contribution in [2.45, 2.75) is 3.79 Å². The van der Waals surface area contributed by atoms with Crippen LogP contribution < -0.4 is 0 Å². The van der Waals surface area contributed by atoms with Crippen molar-refractivity contribution in [3.8, 4) is 0 Å². The summed E-state index contributed by atoms with van der Waals surface area (Å²) in [5.74, 6) is -2.76. The van der Waals surface area contributed by atoms with Crippen LogP contribution in [0, 0.1) is 0 Å². The zero-order valence-electron chi connectivity index (χ0n) is 5.65. The number of rotatable bonds is 2. The fourth-order valence-electron chi connectivity index (χ4n) is 0.318. The summed E-state index contributed by atoms with van der Waals surface area (Å²) >= 11 is 25.8. The SMILES string of the molecule is O=C(O)/C(Cl)=C(\Cl)C(=O)C(Cl)(Cl)Cl. The topological polar surface area (TPSA) is 54.4 Å².